The third kappa shape index (κ3) is 3.72. The molecule has 0 aliphatic carbocycles. The van der Waals surface area contributed by atoms with Crippen LogP contribution in [0.3, 0.4) is 0 Å². The number of benzene rings is 1. The average molecular weight is 379 g/mol. The summed E-state index contributed by atoms with van der Waals surface area (Å²) in [6, 6.07) is 5.04. The van der Waals surface area contributed by atoms with E-state index in [1.54, 1.807) is 29.7 Å². The van der Waals surface area contributed by atoms with Gasteiger partial charge in [0, 0.05) is 22.4 Å². The highest BCUT2D eigenvalue weighted by Gasteiger charge is 2.21. The summed E-state index contributed by atoms with van der Waals surface area (Å²) in [6.45, 7) is 1.85. The van der Waals surface area contributed by atoms with Crippen molar-refractivity contribution in [1.82, 2.24) is 19.5 Å². The predicted octanol–water partition coefficient (Wildman–Crippen LogP) is 4.06. The molecule has 9 heteroatoms. The van der Waals surface area contributed by atoms with Crippen LogP contribution in [0, 0.1) is 6.92 Å². The highest BCUT2D eigenvalue weighted by atomic mass is 35.5. The van der Waals surface area contributed by atoms with E-state index in [1.165, 1.54) is 18.6 Å². The van der Waals surface area contributed by atoms with E-state index in [0.717, 1.165) is 0 Å². The molecule has 0 unspecified atom stereocenters. The van der Waals surface area contributed by atoms with E-state index in [0.29, 0.717) is 32.8 Å². The third-order valence-electron chi connectivity index (χ3n) is 3.40. The fourth-order valence-corrected chi connectivity index (χ4v) is 2.73. The smallest absolute Gasteiger partial charge is 0.449 e. The molecule has 2 heterocycles. The van der Waals surface area contributed by atoms with Crippen molar-refractivity contribution < 1.29 is 14.6 Å². The van der Waals surface area contributed by atoms with E-state index in [-0.39, 0.29) is 12.4 Å². The maximum absolute atomic E-state index is 11.1. The van der Waals surface area contributed by atoms with Gasteiger partial charge >= 0.3 is 6.16 Å². The summed E-state index contributed by atoms with van der Waals surface area (Å²) in [5.74, 6) is 0.502. The highest BCUT2D eigenvalue weighted by molar-refractivity contribution is 6.33. The molecule has 0 radical (unpaired) electrons. The van der Waals surface area contributed by atoms with Crippen molar-refractivity contribution >= 4 is 29.4 Å². The van der Waals surface area contributed by atoms with E-state index in [9.17, 15) is 4.79 Å². The SMILES string of the molecule is Cc1nc(-c2cnccn2)n(Cc2cc(Cl)ccc2Cl)c1OC(=O)O. The number of carbonyl (C=O) groups is 1. The molecule has 0 amide bonds. The molecule has 1 aromatic carbocycles. The van der Waals surface area contributed by atoms with Gasteiger partial charge in [-0.3, -0.25) is 9.55 Å². The fraction of sp³-hybridized carbons (Fsp3) is 0.125. The third-order valence-corrected chi connectivity index (χ3v) is 4.00. The molecule has 0 bridgehead atoms. The van der Waals surface area contributed by atoms with Crippen LogP contribution in [-0.4, -0.2) is 30.8 Å². The van der Waals surface area contributed by atoms with Crippen molar-refractivity contribution in [3.05, 3.63) is 58.1 Å². The Labute approximate surface area is 152 Å². The molecule has 0 atom stereocenters. The number of aryl methyl sites for hydroxylation is 1. The summed E-state index contributed by atoms with van der Waals surface area (Å²) in [6.07, 6.45) is 3.15. The van der Waals surface area contributed by atoms with Gasteiger partial charge in [0.15, 0.2) is 5.82 Å². The molecule has 128 valence electrons. The van der Waals surface area contributed by atoms with Gasteiger partial charge in [0.2, 0.25) is 5.88 Å². The van der Waals surface area contributed by atoms with E-state index >= 15 is 0 Å². The average Bonchev–Trinajstić information content (AvgIpc) is 2.88. The molecular weight excluding hydrogens is 367 g/mol. The second kappa shape index (κ2) is 7.08. The molecule has 3 aromatic rings. The van der Waals surface area contributed by atoms with Gasteiger partial charge in [0.05, 0.1) is 12.7 Å². The first-order chi connectivity index (χ1) is 12.0. The van der Waals surface area contributed by atoms with Crippen LogP contribution >= 0.6 is 23.2 Å². The number of rotatable bonds is 4. The molecule has 0 fully saturated rings. The van der Waals surface area contributed by atoms with Crippen LogP contribution in [0.2, 0.25) is 10.0 Å². The van der Waals surface area contributed by atoms with E-state index in [2.05, 4.69) is 15.0 Å². The Morgan fingerprint density at radius 3 is 2.80 bits per heavy atom. The predicted molar refractivity (Wildman–Crippen MR) is 92.2 cm³/mol. The standard InChI is InChI=1S/C16H12Cl2N4O3/c1-9-15(25-16(23)24)22(8-10-6-11(17)2-3-12(10)18)14(21-9)13-7-19-4-5-20-13/h2-7H,8H2,1H3,(H,23,24). The topological polar surface area (TPSA) is 90.1 Å². The Morgan fingerprint density at radius 1 is 1.32 bits per heavy atom. The Kier molecular flexibility index (Phi) is 4.87. The molecule has 25 heavy (non-hydrogen) atoms. The van der Waals surface area contributed by atoms with Crippen LogP contribution in [0.15, 0.2) is 36.8 Å². The first-order valence-electron chi connectivity index (χ1n) is 7.14. The van der Waals surface area contributed by atoms with Gasteiger partial charge in [-0.05, 0) is 30.7 Å². The van der Waals surface area contributed by atoms with Crippen LogP contribution in [0.1, 0.15) is 11.3 Å². The van der Waals surface area contributed by atoms with Crippen LogP contribution in [0.4, 0.5) is 4.79 Å². The zero-order valence-corrected chi connectivity index (χ0v) is 14.5. The van der Waals surface area contributed by atoms with Gasteiger partial charge in [0.1, 0.15) is 11.4 Å². The van der Waals surface area contributed by atoms with Crippen molar-refractivity contribution in [3.63, 3.8) is 0 Å². The van der Waals surface area contributed by atoms with Crippen molar-refractivity contribution in [1.29, 1.82) is 0 Å². The molecule has 3 rings (SSSR count). The molecule has 0 aliphatic rings. The zero-order chi connectivity index (χ0) is 18.0. The first kappa shape index (κ1) is 17.2. The summed E-state index contributed by atoms with van der Waals surface area (Å²) < 4.78 is 6.49. The number of nitrogens with zero attached hydrogens (tertiary/aromatic N) is 4. The highest BCUT2D eigenvalue weighted by Crippen LogP contribution is 2.30. The van der Waals surface area contributed by atoms with E-state index in [1.807, 2.05) is 0 Å². The number of imidazole rings is 1. The molecule has 2 aromatic heterocycles. The maximum atomic E-state index is 11.1. The molecule has 1 N–H and O–H groups in total. The van der Waals surface area contributed by atoms with Crippen LogP contribution < -0.4 is 4.74 Å². The van der Waals surface area contributed by atoms with Crippen LogP contribution in [0.5, 0.6) is 5.88 Å². The maximum Gasteiger partial charge on any atom is 0.512 e. The van der Waals surface area contributed by atoms with Gasteiger partial charge in [-0.15, -0.1) is 0 Å². The Hall–Kier alpha value is -2.64. The minimum Gasteiger partial charge on any atom is -0.449 e. The van der Waals surface area contributed by atoms with Crippen molar-refractivity contribution in [2.24, 2.45) is 0 Å². The molecule has 0 aliphatic heterocycles. The van der Waals surface area contributed by atoms with Gasteiger partial charge < -0.3 is 9.84 Å². The van der Waals surface area contributed by atoms with Crippen LogP contribution in [0.25, 0.3) is 11.5 Å². The number of halogens is 2. The zero-order valence-electron chi connectivity index (χ0n) is 13.0. The monoisotopic (exact) mass is 378 g/mol. The molecule has 0 saturated heterocycles. The number of hydrogen-bond donors (Lipinski definition) is 1. The summed E-state index contributed by atoms with van der Waals surface area (Å²) >= 11 is 12.3. The van der Waals surface area contributed by atoms with Crippen molar-refractivity contribution in [3.8, 4) is 17.4 Å². The van der Waals surface area contributed by atoms with Crippen molar-refractivity contribution in [2.45, 2.75) is 13.5 Å². The first-order valence-corrected chi connectivity index (χ1v) is 7.89. The van der Waals surface area contributed by atoms with Gasteiger partial charge in [-0.25, -0.2) is 14.8 Å². The van der Waals surface area contributed by atoms with E-state index < -0.39 is 6.16 Å². The lowest BCUT2D eigenvalue weighted by Crippen LogP contribution is -2.11. The Bertz CT molecular complexity index is 929. The van der Waals surface area contributed by atoms with Gasteiger partial charge in [0.25, 0.3) is 0 Å². The largest absolute Gasteiger partial charge is 0.512 e. The van der Waals surface area contributed by atoms with Gasteiger partial charge in [-0.2, -0.15) is 0 Å². The molecule has 7 nitrogen and oxygen atoms in total. The molecule has 0 saturated carbocycles. The minimum absolute atomic E-state index is 0.0872. The van der Waals surface area contributed by atoms with Crippen molar-refractivity contribution in [2.75, 3.05) is 0 Å². The number of aromatic nitrogens is 4. The van der Waals surface area contributed by atoms with Gasteiger partial charge in [-0.1, -0.05) is 23.2 Å². The lowest BCUT2D eigenvalue weighted by Gasteiger charge is -2.12. The van der Waals surface area contributed by atoms with E-state index in [4.69, 9.17) is 33.0 Å². The minimum atomic E-state index is -1.44. The summed E-state index contributed by atoms with van der Waals surface area (Å²) in [5.41, 5.74) is 1.57. The molecule has 0 spiro atoms. The second-order valence-electron chi connectivity index (χ2n) is 5.11. The van der Waals surface area contributed by atoms with Crippen LogP contribution in [-0.2, 0) is 6.54 Å². The molecular formula is C16H12Cl2N4O3. The number of ether oxygens (including phenoxy) is 1. The lowest BCUT2D eigenvalue weighted by atomic mass is 10.2. The second-order valence-corrected chi connectivity index (χ2v) is 5.95. The Morgan fingerprint density at radius 2 is 2.12 bits per heavy atom. The normalized spacial score (nSPS) is 10.7. The summed E-state index contributed by atoms with van der Waals surface area (Å²) in [4.78, 5) is 23.7. The Balaban J connectivity index is 2.14. The number of carboxylic acid groups (broad SMARTS) is 1. The lowest BCUT2D eigenvalue weighted by molar-refractivity contribution is 0.140. The summed E-state index contributed by atoms with van der Waals surface area (Å²) in [5, 5.41) is 10.0. The quantitative estimate of drug-likeness (QED) is 0.688. The fourth-order valence-electron chi connectivity index (χ4n) is 2.36. The number of hydrogen-bond acceptors (Lipinski definition) is 5. The summed E-state index contributed by atoms with van der Waals surface area (Å²) in [7, 11) is 0.